The van der Waals surface area contributed by atoms with E-state index in [1.807, 2.05) is 20.8 Å². The first kappa shape index (κ1) is 23.4. The van der Waals surface area contributed by atoms with Gasteiger partial charge in [0.1, 0.15) is 11.3 Å². The second kappa shape index (κ2) is 9.48. The summed E-state index contributed by atoms with van der Waals surface area (Å²) in [6.07, 6.45) is 1.25. The Balaban J connectivity index is 2.15. The first-order valence-electron chi connectivity index (χ1n) is 10.8. The van der Waals surface area contributed by atoms with Crippen molar-refractivity contribution in [3.8, 4) is 5.75 Å². The lowest BCUT2D eigenvalue weighted by molar-refractivity contribution is -0.384. The monoisotopic (exact) mass is 439 g/mol. The summed E-state index contributed by atoms with van der Waals surface area (Å²) in [5, 5.41) is 14.8. The van der Waals surface area contributed by atoms with Gasteiger partial charge in [-0.1, -0.05) is 32.9 Å². The smallest absolute Gasteiger partial charge is 0.270 e. The quantitative estimate of drug-likeness (QED) is 0.360. The summed E-state index contributed by atoms with van der Waals surface area (Å²) in [6.45, 7) is 6.66. The van der Waals surface area contributed by atoms with Crippen molar-refractivity contribution in [1.29, 1.82) is 0 Å². The first-order valence-corrected chi connectivity index (χ1v) is 10.8. The molecule has 170 valence electrons. The zero-order chi connectivity index (χ0) is 23.5. The van der Waals surface area contributed by atoms with Gasteiger partial charge in [0, 0.05) is 12.1 Å². The number of rotatable bonds is 9. The van der Waals surface area contributed by atoms with Crippen molar-refractivity contribution in [3.63, 3.8) is 0 Å². The Morgan fingerprint density at radius 1 is 1.16 bits per heavy atom. The molecule has 8 nitrogen and oxygen atoms in total. The van der Waals surface area contributed by atoms with Gasteiger partial charge in [-0.2, -0.15) is 0 Å². The van der Waals surface area contributed by atoms with E-state index in [4.69, 9.17) is 4.74 Å². The number of nitrogens with one attached hydrogen (secondary N) is 1. The molecule has 1 unspecified atom stereocenters. The summed E-state index contributed by atoms with van der Waals surface area (Å²) in [5.74, 6) is -0.0452. The standard InChI is InChI=1S/C24H29N3O5/c1-5-12-25-24(14-16(2)3)21-11-8-18(27(30)31)13-20(21)22(28)26(23(24)29)15-17-6-9-19(32-4)10-7-17/h6-11,13,16,25H,5,12,14-15H2,1-4H3. The molecule has 0 aliphatic carbocycles. The van der Waals surface area contributed by atoms with Crippen molar-refractivity contribution in [2.75, 3.05) is 13.7 Å². The maximum atomic E-state index is 13.9. The third-order valence-electron chi connectivity index (χ3n) is 5.65. The van der Waals surface area contributed by atoms with Crippen LogP contribution in [0.3, 0.4) is 0 Å². The second-order valence-electron chi connectivity index (χ2n) is 8.46. The Hall–Kier alpha value is -3.26. The largest absolute Gasteiger partial charge is 0.497 e. The van der Waals surface area contributed by atoms with E-state index in [2.05, 4.69) is 5.32 Å². The second-order valence-corrected chi connectivity index (χ2v) is 8.46. The third kappa shape index (κ3) is 4.36. The fourth-order valence-corrected chi connectivity index (χ4v) is 4.23. The molecule has 1 aliphatic rings. The van der Waals surface area contributed by atoms with Gasteiger partial charge in [-0.3, -0.25) is 29.9 Å². The van der Waals surface area contributed by atoms with Gasteiger partial charge in [0.2, 0.25) is 0 Å². The molecule has 0 spiro atoms. The minimum Gasteiger partial charge on any atom is -0.497 e. The van der Waals surface area contributed by atoms with Crippen LogP contribution in [0.15, 0.2) is 42.5 Å². The van der Waals surface area contributed by atoms with Crippen LogP contribution in [0.25, 0.3) is 0 Å². The van der Waals surface area contributed by atoms with E-state index in [9.17, 15) is 19.7 Å². The highest BCUT2D eigenvalue weighted by atomic mass is 16.6. The van der Waals surface area contributed by atoms with Gasteiger partial charge in [-0.05, 0) is 54.6 Å². The molecule has 0 saturated heterocycles. The zero-order valence-electron chi connectivity index (χ0n) is 18.9. The summed E-state index contributed by atoms with van der Waals surface area (Å²) in [4.78, 5) is 39.4. The van der Waals surface area contributed by atoms with E-state index in [1.165, 1.54) is 17.0 Å². The lowest BCUT2D eigenvalue weighted by Gasteiger charge is -2.43. The molecule has 2 aromatic rings. The lowest BCUT2D eigenvalue weighted by atomic mass is 9.75. The van der Waals surface area contributed by atoms with Crippen LogP contribution in [0, 0.1) is 16.0 Å². The zero-order valence-corrected chi connectivity index (χ0v) is 18.9. The third-order valence-corrected chi connectivity index (χ3v) is 5.65. The number of nitrogens with zero attached hydrogens (tertiary/aromatic N) is 2. The molecule has 2 amide bonds. The van der Waals surface area contributed by atoms with Crippen LogP contribution < -0.4 is 10.1 Å². The fourth-order valence-electron chi connectivity index (χ4n) is 4.23. The predicted molar refractivity (Wildman–Crippen MR) is 120 cm³/mol. The average Bonchev–Trinajstić information content (AvgIpc) is 2.78. The van der Waals surface area contributed by atoms with Gasteiger partial charge in [-0.25, -0.2) is 0 Å². The molecule has 0 fully saturated rings. The van der Waals surface area contributed by atoms with Crippen LogP contribution in [-0.4, -0.2) is 35.3 Å². The number of hydrogen-bond acceptors (Lipinski definition) is 6. The van der Waals surface area contributed by atoms with E-state index in [0.717, 1.165) is 12.0 Å². The predicted octanol–water partition coefficient (Wildman–Crippen LogP) is 4.03. The maximum Gasteiger partial charge on any atom is 0.270 e. The van der Waals surface area contributed by atoms with E-state index in [-0.39, 0.29) is 29.6 Å². The number of carbonyl (C=O) groups is 2. The van der Waals surface area contributed by atoms with Crippen molar-refractivity contribution < 1.29 is 19.2 Å². The highest BCUT2D eigenvalue weighted by Crippen LogP contribution is 2.40. The van der Waals surface area contributed by atoms with Gasteiger partial charge < -0.3 is 4.74 Å². The van der Waals surface area contributed by atoms with Crippen molar-refractivity contribution in [3.05, 3.63) is 69.3 Å². The number of nitro groups is 1. The number of imide groups is 1. The average molecular weight is 440 g/mol. The molecule has 32 heavy (non-hydrogen) atoms. The summed E-state index contributed by atoms with van der Waals surface area (Å²) in [5.41, 5.74) is 0.151. The number of carbonyl (C=O) groups excluding carboxylic acids is 2. The number of nitro benzene ring substituents is 1. The Bertz CT molecular complexity index is 1020. The Labute approximate surface area is 187 Å². The van der Waals surface area contributed by atoms with Crippen LogP contribution in [0.4, 0.5) is 5.69 Å². The van der Waals surface area contributed by atoms with Crippen LogP contribution in [0.1, 0.15) is 55.1 Å². The van der Waals surface area contributed by atoms with Crippen molar-refractivity contribution in [2.45, 2.75) is 45.7 Å². The number of amides is 2. The molecule has 3 rings (SSSR count). The number of benzene rings is 2. The highest BCUT2D eigenvalue weighted by molar-refractivity contribution is 6.13. The molecule has 0 saturated carbocycles. The topological polar surface area (TPSA) is 102 Å². The summed E-state index contributed by atoms with van der Waals surface area (Å²) in [6, 6.07) is 11.3. The van der Waals surface area contributed by atoms with Crippen molar-refractivity contribution >= 4 is 17.5 Å². The fraction of sp³-hybridized carbons (Fsp3) is 0.417. The molecule has 1 N–H and O–H groups in total. The number of hydrogen-bond donors (Lipinski definition) is 1. The van der Waals surface area contributed by atoms with Crippen LogP contribution >= 0.6 is 0 Å². The molecule has 1 aliphatic heterocycles. The molecule has 0 aromatic heterocycles. The van der Waals surface area contributed by atoms with E-state index >= 15 is 0 Å². The van der Waals surface area contributed by atoms with Crippen LogP contribution in [0.5, 0.6) is 5.75 Å². The highest BCUT2D eigenvalue weighted by Gasteiger charge is 2.51. The number of ether oxygens (including phenoxy) is 1. The molecule has 8 heteroatoms. The summed E-state index contributed by atoms with van der Waals surface area (Å²) in [7, 11) is 1.57. The minimum atomic E-state index is -1.13. The SMILES string of the molecule is CCCNC1(CC(C)C)C(=O)N(Cc2ccc(OC)cc2)C(=O)c2cc([N+](=O)[O-])ccc21. The van der Waals surface area contributed by atoms with Gasteiger partial charge in [-0.15, -0.1) is 0 Å². The first-order chi connectivity index (χ1) is 15.2. The molecular weight excluding hydrogens is 410 g/mol. The Kier molecular flexibility index (Phi) is 6.93. The molecule has 1 atom stereocenters. The lowest BCUT2D eigenvalue weighted by Crippen LogP contribution is -2.61. The number of fused-ring (bicyclic) bond motifs is 1. The molecule has 2 aromatic carbocycles. The summed E-state index contributed by atoms with van der Waals surface area (Å²) < 4.78 is 5.18. The van der Waals surface area contributed by atoms with Crippen molar-refractivity contribution in [1.82, 2.24) is 10.2 Å². The van der Waals surface area contributed by atoms with Gasteiger partial charge in [0.15, 0.2) is 0 Å². The summed E-state index contributed by atoms with van der Waals surface area (Å²) >= 11 is 0. The van der Waals surface area contributed by atoms with Crippen molar-refractivity contribution in [2.24, 2.45) is 5.92 Å². The molecule has 1 heterocycles. The Morgan fingerprint density at radius 3 is 2.41 bits per heavy atom. The van der Waals surface area contributed by atoms with Gasteiger partial charge >= 0.3 is 0 Å². The van der Waals surface area contributed by atoms with E-state index < -0.39 is 16.4 Å². The minimum absolute atomic E-state index is 0.0669. The van der Waals surface area contributed by atoms with Gasteiger partial charge in [0.25, 0.3) is 17.5 Å². The molecule has 0 bridgehead atoms. The van der Waals surface area contributed by atoms with Crippen LogP contribution in [0.2, 0.25) is 0 Å². The molecular formula is C24H29N3O5. The number of non-ortho nitro benzene ring substituents is 1. The maximum absolute atomic E-state index is 13.9. The van der Waals surface area contributed by atoms with E-state index in [0.29, 0.717) is 24.3 Å². The Morgan fingerprint density at radius 2 is 1.84 bits per heavy atom. The van der Waals surface area contributed by atoms with Gasteiger partial charge in [0.05, 0.1) is 24.1 Å². The normalized spacial score (nSPS) is 18.1. The van der Waals surface area contributed by atoms with Crippen LogP contribution in [-0.2, 0) is 16.9 Å². The number of methoxy groups -OCH3 is 1. The van der Waals surface area contributed by atoms with E-state index in [1.54, 1.807) is 37.4 Å². The molecule has 0 radical (unpaired) electrons.